The lowest BCUT2D eigenvalue weighted by Crippen LogP contribution is -2.66. The second-order valence-corrected chi connectivity index (χ2v) is 9.07. The zero-order valence-electron chi connectivity index (χ0n) is 17.6. The van der Waals surface area contributed by atoms with Crippen LogP contribution in [0, 0.1) is 0 Å². The van der Waals surface area contributed by atoms with E-state index in [2.05, 4.69) is 11.4 Å². The summed E-state index contributed by atoms with van der Waals surface area (Å²) in [5.41, 5.74) is 0.406. The largest absolute Gasteiger partial charge is 0.493 e. The number of alkyl halides is 1. The molecule has 4 aliphatic heterocycles. The summed E-state index contributed by atoms with van der Waals surface area (Å²) < 4.78 is 31.1. The number of hydrogen-bond donors (Lipinski definition) is 1. The summed E-state index contributed by atoms with van der Waals surface area (Å²) in [7, 11) is 0. The third-order valence-electron chi connectivity index (χ3n) is 7.30. The van der Waals surface area contributed by atoms with E-state index in [1.165, 1.54) is 5.56 Å². The van der Waals surface area contributed by atoms with Crippen molar-refractivity contribution in [2.75, 3.05) is 26.4 Å². The van der Waals surface area contributed by atoms with Crippen LogP contribution in [0.15, 0.2) is 24.3 Å². The Kier molecular flexibility index (Phi) is 5.60. The molecule has 1 aliphatic carbocycles. The van der Waals surface area contributed by atoms with Crippen molar-refractivity contribution in [1.82, 2.24) is 10.2 Å². The van der Waals surface area contributed by atoms with Gasteiger partial charge in [0.05, 0.1) is 43.9 Å². The van der Waals surface area contributed by atoms with Gasteiger partial charge in [-0.05, 0) is 49.7 Å². The molecule has 2 saturated heterocycles. The zero-order valence-corrected chi connectivity index (χ0v) is 17.6. The predicted molar refractivity (Wildman–Crippen MR) is 109 cm³/mol. The van der Waals surface area contributed by atoms with Crippen LogP contribution >= 0.6 is 0 Å². The van der Waals surface area contributed by atoms with E-state index in [1.807, 2.05) is 18.2 Å². The van der Waals surface area contributed by atoms with Crippen LogP contribution in [0.25, 0.3) is 0 Å². The Morgan fingerprint density at radius 3 is 2.71 bits per heavy atom. The average molecular weight is 432 g/mol. The first kappa shape index (κ1) is 20.7. The van der Waals surface area contributed by atoms with Crippen molar-refractivity contribution in [2.45, 2.75) is 68.5 Å². The van der Waals surface area contributed by atoms with Crippen LogP contribution in [0.3, 0.4) is 0 Å². The molecule has 0 radical (unpaired) electrons. The minimum Gasteiger partial charge on any atom is -0.493 e. The quantitative estimate of drug-likeness (QED) is 0.681. The number of rotatable bonds is 0. The van der Waals surface area contributed by atoms with Crippen LogP contribution in [0.2, 0.25) is 0 Å². The third kappa shape index (κ3) is 3.91. The van der Waals surface area contributed by atoms with E-state index in [1.54, 1.807) is 4.90 Å². The van der Waals surface area contributed by atoms with Gasteiger partial charge in [-0.2, -0.15) is 0 Å². The van der Waals surface area contributed by atoms with E-state index in [9.17, 15) is 14.0 Å². The highest BCUT2D eigenvalue weighted by Gasteiger charge is 2.53. The molecule has 1 spiro atoms. The number of morpholine rings is 1. The fraction of sp³-hybridized carbons (Fsp3) is 0.652. The van der Waals surface area contributed by atoms with Crippen molar-refractivity contribution < 1.29 is 28.2 Å². The van der Waals surface area contributed by atoms with Gasteiger partial charge in [0.25, 0.3) is 12.3 Å². The summed E-state index contributed by atoms with van der Waals surface area (Å²) in [6, 6.07) is 7.71. The van der Waals surface area contributed by atoms with Gasteiger partial charge in [-0.25, -0.2) is 4.39 Å². The summed E-state index contributed by atoms with van der Waals surface area (Å²) >= 11 is 0. The molecule has 6 rings (SSSR count). The number of para-hydroxylation sites is 1. The standard InChI is InChI=1S/C23H29FN2O5/c24-21-22(28)25-23(14-31-21)10-11-26-19(23)13-30-16-7-5-15(6-8-16)17-3-1-2-4-18(17)29-12-9-20(26)27/h1-4,15-16,19,21H,5-14H2,(H,25,28)/t15-,16+,19?,21?,23?. The maximum atomic E-state index is 13.6. The fourth-order valence-electron chi connectivity index (χ4n) is 5.55. The Morgan fingerprint density at radius 1 is 1.10 bits per heavy atom. The molecule has 3 unspecified atom stereocenters. The van der Waals surface area contributed by atoms with E-state index in [0.29, 0.717) is 25.5 Å². The topological polar surface area (TPSA) is 77.1 Å². The molecular formula is C23H29FN2O5. The lowest BCUT2D eigenvalue weighted by Gasteiger charge is -2.42. The highest BCUT2D eigenvalue weighted by molar-refractivity contribution is 5.82. The summed E-state index contributed by atoms with van der Waals surface area (Å²) in [4.78, 5) is 26.9. The van der Waals surface area contributed by atoms with Gasteiger partial charge in [-0.15, -0.1) is 0 Å². The van der Waals surface area contributed by atoms with Crippen LogP contribution in [0.1, 0.15) is 50.0 Å². The smallest absolute Gasteiger partial charge is 0.282 e. The van der Waals surface area contributed by atoms with Crippen molar-refractivity contribution in [3.63, 3.8) is 0 Å². The molecule has 1 N–H and O–H groups in total. The Hall–Kier alpha value is -2.19. The molecule has 5 aliphatic rings. The molecular weight excluding hydrogens is 403 g/mol. The Morgan fingerprint density at radius 2 is 1.90 bits per heavy atom. The van der Waals surface area contributed by atoms with Gasteiger partial charge >= 0.3 is 0 Å². The monoisotopic (exact) mass is 432 g/mol. The van der Waals surface area contributed by atoms with Crippen molar-refractivity contribution in [3.05, 3.63) is 29.8 Å². The van der Waals surface area contributed by atoms with Crippen LogP contribution in [0.5, 0.6) is 5.75 Å². The van der Waals surface area contributed by atoms with Gasteiger partial charge in [0.2, 0.25) is 5.91 Å². The highest BCUT2D eigenvalue weighted by atomic mass is 19.1. The molecule has 4 heterocycles. The van der Waals surface area contributed by atoms with E-state index in [4.69, 9.17) is 14.2 Å². The van der Waals surface area contributed by atoms with E-state index >= 15 is 0 Å². The normalized spacial score (nSPS) is 36.4. The first-order chi connectivity index (χ1) is 15.1. The number of hydrogen-bond acceptors (Lipinski definition) is 5. The molecule has 31 heavy (non-hydrogen) atoms. The minimum absolute atomic E-state index is 0.0360. The lowest BCUT2D eigenvalue weighted by molar-refractivity contribution is -0.167. The maximum Gasteiger partial charge on any atom is 0.282 e. The number of halogens is 1. The molecule has 0 aromatic heterocycles. The average Bonchev–Trinajstić information content (AvgIpc) is 3.13. The molecule has 1 saturated carbocycles. The Labute approximate surface area is 181 Å². The third-order valence-corrected chi connectivity index (χ3v) is 7.30. The number of carbonyl (C=O) groups excluding carboxylic acids is 2. The van der Waals surface area contributed by atoms with Crippen LogP contribution < -0.4 is 10.1 Å². The van der Waals surface area contributed by atoms with E-state index in [0.717, 1.165) is 31.4 Å². The second kappa shape index (κ2) is 8.39. The molecule has 7 nitrogen and oxygen atoms in total. The number of amides is 2. The molecule has 3 atom stereocenters. The van der Waals surface area contributed by atoms with E-state index in [-0.39, 0.29) is 37.7 Å². The summed E-state index contributed by atoms with van der Waals surface area (Å²) in [6.07, 6.45) is 2.80. The zero-order chi connectivity index (χ0) is 21.4. The van der Waals surface area contributed by atoms with Gasteiger partial charge in [-0.1, -0.05) is 18.2 Å². The highest BCUT2D eigenvalue weighted by Crippen LogP contribution is 2.39. The van der Waals surface area contributed by atoms with Crippen molar-refractivity contribution in [2.24, 2.45) is 0 Å². The first-order valence-electron chi connectivity index (χ1n) is 11.3. The molecule has 1 aromatic carbocycles. The SMILES string of the molecule is O=C1NC2(CCN3C(=O)CCOc4ccccc4[C@H]4CC[C@H](CC4)OCC32)COC1F. The van der Waals surface area contributed by atoms with Crippen LogP contribution in [-0.4, -0.2) is 67.1 Å². The van der Waals surface area contributed by atoms with Crippen LogP contribution in [0.4, 0.5) is 4.39 Å². The molecule has 8 heteroatoms. The number of fused-ring (bicyclic) bond motifs is 6. The predicted octanol–water partition coefficient (Wildman–Crippen LogP) is 2.29. The summed E-state index contributed by atoms with van der Waals surface area (Å²) in [6.45, 7) is 1.10. The van der Waals surface area contributed by atoms with Crippen molar-refractivity contribution >= 4 is 11.8 Å². The maximum absolute atomic E-state index is 13.6. The van der Waals surface area contributed by atoms with Crippen molar-refractivity contribution in [1.29, 1.82) is 0 Å². The minimum atomic E-state index is -1.96. The van der Waals surface area contributed by atoms with Gasteiger partial charge in [0.1, 0.15) is 5.75 Å². The van der Waals surface area contributed by atoms with Crippen LogP contribution in [-0.2, 0) is 19.1 Å². The van der Waals surface area contributed by atoms with Gasteiger partial charge in [-0.3, -0.25) is 9.59 Å². The molecule has 3 fully saturated rings. The second-order valence-electron chi connectivity index (χ2n) is 9.07. The number of benzene rings is 1. The summed E-state index contributed by atoms with van der Waals surface area (Å²) in [5.74, 6) is 0.451. The molecule has 168 valence electrons. The number of carbonyl (C=O) groups is 2. The van der Waals surface area contributed by atoms with E-state index < -0.39 is 17.8 Å². The number of ether oxygens (including phenoxy) is 3. The van der Waals surface area contributed by atoms with Crippen molar-refractivity contribution in [3.8, 4) is 5.75 Å². The summed E-state index contributed by atoms with van der Waals surface area (Å²) in [5, 5.41) is 2.81. The lowest BCUT2D eigenvalue weighted by atomic mass is 9.82. The van der Waals surface area contributed by atoms with Gasteiger partial charge in [0, 0.05) is 6.54 Å². The Bertz CT molecular complexity index is 843. The van der Waals surface area contributed by atoms with Gasteiger partial charge < -0.3 is 24.4 Å². The first-order valence-corrected chi connectivity index (χ1v) is 11.3. The molecule has 2 bridgehead atoms. The molecule has 2 amide bonds. The van der Waals surface area contributed by atoms with Gasteiger partial charge in [0.15, 0.2) is 0 Å². The number of nitrogens with zero attached hydrogens (tertiary/aromatic N) is 1. The number of nitrogens with one attached hydrogen (secondary N) is 1. The molecule has 1 aromatic rings. The fourth-order valence-corrected chi connectivity index (χ4v) is 5.55. The Balaban J connectivity index is 1.39.